The molecule has 5 heteroatoms. The molecule has 0 aromatic heterocycles. The lowest BCUT2D eigenvalue weighted by Gasteiger charge is -2.23. The number of benzene rings is 1. The highest BCUT2D eigenvalue weighted by molar-refractivity contribution is 9.10. The van der Waals surface area contributed by atoms with E-state index in [1.165, 1.54) is 0 Å². The summed E-state index contributed by atoms with van der Waals surface area (Å²) in [5.41, 5.74) is 0.630. The van der Waals surface area contributed by atoms with Gasteiger partial charge in [0.2, 0.25) is 0 Å². The molecule has 0 aliphatic carbocycles. The van der Waals surface area contributed by atoms with Gasteiger partial charge in [-0.1, -0.05) is 15.9 Å². The molecular weight excluding hydrogens is 302 g/mol. The smallest absolute Gasteiger partial charge is 0.255 e. The Hall–Kier alpha value is -0.520. The molecule has 1 amide bonds. The van der Waals surface area contributed by atoms with E-state index in [9.17, 15) is 4.79 Å². The molecule has 2 rings (SSSR count). The molecule has 0 N–H and O–H groups in total. The minimum absolute atomic E-state index is 0.00185. The van der Waals surface area contributed by atoms with Crippen LogP contribution in [0.4, 0.5) is 0 Å². The van der Waals surface area contributed by atoms with Crippen molar-refractivity contribution < 1.29 is 9.53 Å². The Labute approximate surface area is 115 Å². The summed E-state index contributed by atoms with van der Waals surface area (Å²) in [4.78, 5) is 14.7. The number of thiol groups is 1. The molecule has 1 aliphatic rings. The van der Waals surface area contributed by atoms with Gasteiger partial charge in [-0.05, 0) is 24.6 Å². The first kappa shape index (κ1) is 12.9. The highest BCUT2D eigenvalue weighted by Crippen LogP contribution is 2.22. The van der Waals surface area contributed by atoms with Crippen molar-refractivity contribution in [1.29, 1.82) is 0 Å². The molecule has 1 atom stereocenters. The van der Waals surface area contributed by atoms with Crippen molar-refractivity contribution in [3.8, 4) is 0 Å². The number of carbonyl (C=O) groups excluding carboxylic acids is 1. The highest BCUT2D eigenvalue weighted by atomic mass is 79.9. The molecule has 0 bridgehead atoms. The number of amides is 1. The van der Waals surface area contributed by atoms with Gasteiger partial charge in [-0.2, -0.15) is 0 Å². The second-order valence-electron chi connectivity index (χ2n) is 4.09. The second-order valence-corrected chi connectivity index (χ2v) is 5.49. The summed E-state index contributed by atoms with van der Waals surface area (Å²) in [5.74, 6) is -0.00185. The lowest BCUT2D eigenvalue weighted by molar-refractivity contribution is 0.0708. The van der Waals surface area contributed by atoms with Crippen molar-refractivity contribution in [1.82, 2.24) is 4.90 Å². The van der Waals surface area contributed by atoms with E-state index in [1.54, 1.807) is 11.0 Å². The van der Waals surface area contributed by atoms with Crippen LogP contribution in [0.5, 0.6) is 0 Å². The van der Waals surface area contributed by atoms with E-state index in [-0.39, 0.29) is 11.9 Å². The standard InChI is InChI=1S/C12H14BrNO2S/c1-14(9-4-5-16-7-9)12(15)10-3-2-8(13)6-11(10)17/h2-3,6,9,17H,4-5,7H2,1H3. The van der Waals surface area contributed by atoms with Crippen LogP contribution >= 0.6 is 28.6 Å². The van der Waals surface area contributed by atoms with Crippen LogP contribution in [0.3, 0.4) is 0 Å². The van der Waals surface area contributed by atoms with E-state index in [1.807, 2.05) is 19.2 Å². The molecule has 3 nitrogen and oxygen atoms in total. The van der Waals surface area contributed by atoms with E-state index in [2.05, 4.69) is 28.6 Å². The Morgan fingerprint density at radius 3 is 2.94 bits per heavy atom. The van der Waals surface area contributed by atoms with E-state index in [0.717, 1.165) is 17.5 Å². The van der Waals surface area contributed by atoms with Gasteiger partial charge < -0.3 is 9.64 Å². The summed E-state index contributed by atoms with van der Waals surface area (Å²) in [6.45, 7) is 1.36. The summed E-state index contributed by atoms with van der Waals surface area (Å²) in [5, 5.41) is 0. The van der Waals surface area contributed by atoms with E-state index in [0.29, 0.717) is 17.1 Å². The molecule has 92 valence electrons. The molecule has 17 heavy (non-hydrogen) atoms. The van der Waals surface area contributed by atoms with Crippen LogP contribution < -0.4 is 0 Å². The minimum atomic E-state index is -0.00185. The van der Waals surface area contributed by atoms with Crippen LogP contribution in [-0.4, -0.2) is 37.1 Å². The van der Waals surface area contributed by atoms with Crippen LogP contribution in [0.2, 0.25) is 0 Å². The number of hydrogen-bond donors (Lipinski definition) is 1. The molecule has 0 radical (unpaired) electrons. The molecule has 1 saturated heterocycles. The molecule has 1 aliphatic heterocycles. The first-order chi connectivity index (χ1) is 8.09. The fraction of sp³-hybridized carbons (Fsp3) is 0.417. The number of nitrogens with zero attached hydrogens (tertiary/aromatic N) is 1. The van der Waals surface area contributed by atoms with Crippen molar-refractivity contribution in [2.75, 3.05) is 20.3 Å². The number of hydrogen-bond acceptors (Lipinski definition) is 3. The minimum Gasteiger partial charge on any atom is -0.379 e. The predicted octanol–water partition coefficient (Wildman–Crippen LogP) is 2.60. The number of ether oxygens (including phenoxy) is 1. The summed E-state index contributed by atoms with van der Waals surface area (Å²) in [7, 11) is 1.82. The van der Waals surface area contributed by atoms with Crippen molar-refractivity contribution in [3.05, 3.63) is 28.2 Å². The maximum absolute atomic E-state index is 12.3. The van der Waals surface area contributed by atoms with Gasteiger partial charge in [0.05, 0.1) is 18.2 Å². The maximum Gasteiger partial charge on any atom is 0.255 e. The zero-order valence-electron chi connectivity index (χ0n) is 9.52. The van der Waals surface area contributed by atoms with E-state index in [4.69, 9.17) is 4.74 Å². The highest BCUT2D eigenvalue weighted by Gasteiger charge is 2.25. The van der Waals surface area contributed by atoms with Gasteiger partial charge >= 0.3 is 0 Å². The molecule has 0 saturated carbocycles. The third-order valence-corrected chi connectivity index (χ3v) is 3.83. The summed E-state index contributed by atoms with van der Waals surface area (Å²) in [6, 6.07) is 5.65. The van der Waals surface area contributed by atoms with Crippen LogP contribution in [0, 0.1) is 0 Å². The summed E-state index contributed by atoms with van der Waals surface area (Å²) < 4.78 is 6.22. The van der Waals surface area contributed by atoms with Gasteiger partial charge in [-0.25, -0.2) is 0 Å². The maximum atomic E-state index is 12.3. The Balaban J connectivity index is 2.18. The van der Waals surface area contributed by atoms with Gasteiger partial charge in [0.15, 0.2) is 0 Å². The SMILES string of the molecule is CN(C(=O)c1ccc(Br)cc1S)C1CCOC1. The molecule has 1 heterocycles. The monoisotopic (exact) mass is 315 g/mol. The largest absolute Gasteiger partial charge is 0.379 e. The van der Waals surface area contributed by atoms with Gasteiger partial charge in [-0.3, -0.25) is 4.79 Å². The van der Waals surface area contributed by atoms with Crippen LogP contribution in [-0.2, 0) is 4.74 Å². The molecule has 1 fully saturated rings. The third kappa shape index (κ3) is 2.84. The molecule has 0 spiro atoms. The van der Waals surface area contributed by atoms with Crippen LogP contribution in [0.25, 0.3) is 0 Å². The Morgan fingerprint density at radius 1 is 1.59 bits per heavy atom. The van der Waals surface area contributed by atoms with Crippen molar-refractivity contribution >= 4 is 34.5 Å². The Morgan fingerprint density at radius 2 is 2.35 bits per heavy atom. The van der Waals surface area contributed by atoms with E-state index >= 15 is 0 Å². The van der Waals surface area contributed by atoms with Gasteiger partial charge in [0.1, 0.15) is 0 Å². The van der Waals surface area contributed by atoms with Gasteiger partial charge in [0.25, 0.3) is 5.91 Å². The quantitative estimate of drug-likeness (QED) is 0.850. The summed E-state index contributed by atoms with van der Waals surface area (Å²) >= 11 is 7.69. The van der Waals surface area contributed by atoms with Crippen molar-refractivity contribution in [3.63, 3.8) is 0 Å². The average molecular weight is 316 g/mol. The molecule has 1 aromatic carbocycles. The molecular formula is C12H14BrNO2S. The average Bonchev–Trinajstić information content (AvgIpc) is 2.80. The van der Waals surface area contributed by atoms with E-state index < -0.39 is 0 Å². The van der Waals surface area contributed by atoms with Gasteiger partial charge in [-0.15, -0.1) is 12.6 Å². The number of rotatable bonds is 2. The summed E-state index contributed by atoms with van der Waals surface area (Å²) in [6.07, 6.45) is 0.903. The number of halogens is 1. The van der Waals surface area contributed by atoms with Crippen molar-refractivity contribution in [2.45, 2.75) is 17.4 Å². The molecule has 1 unspecified atom stereocenters. The second kappa shape index (κ2) is 5.42. The van der Waals surface area contributed by atoms with Gasteiger partial charge in [0, 0.05) is 23.0 Å². The molecule has 1 aromatic rings. The van der Waals surface area contributed by atoms with Crippen LogP contribution in [0.1, 0.15) is 16.8 Å². The first-order valence-corrected chi connectivity index (χ1v) is 6.67. The normalized spacial score (nSPS) is 19.4. The fourth-order valence-corrected chi connectivity index (χ4v) is 2.72. The topological polar surface area (TPSA) is 29.5 Å². The lowest BCUT2D eigenvalue weighted by atomic mass is 10.1. The Bertz CT molecular complexity index is 433. The number of likely N-dealkylation sites (N-methyl/N-ethyl adjacent to an activating group) is 1. The lowest BCUT2D eigenvalue weighted by Crippen LogP contribution is -2.37. The first-order valence-electron chi connectivity index (χ1n) is 5.43. The van der Waals surface area contributed by atoms with Crippen molar-refractivity contribution in [2.24, 2.45) is 0 Å². The zero-order valence-corrected chi connectivity index (χ0v) is 12.0. The predicted molar refractivity (Wildman–Crippen MR) is 72.7 cm³/mol. The Kier molecular flexibility index (Phi) is 4.12. The fourth-order valence-electron chi connectivity index (χ4n) is 1.87. The number of carbonyl (C=O) groups is 1. The van der Waals surface area contributed by atoms with Crippen LogP contribution in [0.15, 0.2) is 27.6 Å². The zero-order chi connectivity index (χ0) is 12.4. The third-order valence-electron chi connectivity index (χ3n) is 2.96.